The highest BCUT2D eigenvalue weighted by Crippen LogP contribution is 2.32. The monoisotopic (exact) mass is 672 g/mol. The first kappa shape index (κ1) is 34.7. The van der Waals surface area contributed by atoms with Crippen LogP contribution in [0.2, 0.25) is 0 Å². The van der Waals surface area contributed by atoms with Gasteiger partial charge in [0.1, 0.15) is 13.2 Å². The highest BCUT2D eigenvalue weighted by atomic mass is 16.5. The maximum atomic E-state index is 8.92. The van der Waals surface area contributed by atoms with Crippen LogP contribution in [-0.2, 0) is 26.3 Å². The van der Waals surface area contributed by atoms with Crippen LogP contribution in [0.1, 0.15) is 46.2 Å². The van der Waals surface area contributed by atoms with Gasteiger partial charge < -0.3 is 18.9 Å². The van der Waals surface area contributed by atoms with Crippen LogP contribution < -0.4 is 18.9 Å². The molecule has 0 bridgehead atoms. The van der Waals surface area contributed by atoms with Crippen molar-refractivity contribution in [3.05, 3.63) is 94.0 Å². The minimum Gasteiger partial charge on any atom is -0.481 e. The summed E-state index contributed by atoms with van der Waals surface area (Å²) < 4.78 is 23.6. The molecule has 10 nitrogen and oxygen atoms in total. The normalized spacial score (nSPS) is 15.0. The van der Waals surface area contributed by atoms with Crippen molar-refractivity contribution in [3.63, 3.8) is 0 Å². The fraction of sp³-hybridized carbons (Fsp3) is 0.400. The van der Waals surface area contributed by atoms with Gasteiger partial charge >= 0.3 is 0 Å². The number of pyridine rings is 2. The lowest BCUT2D eigenvalue weighted by molar-refractivity contribution is 0.0941. The lowest BCUT2D eigenvalue weighted by atomic mass is 9.92. The van der Waals surface area contributed by atoms with E-state index in [1.807, 2.05) is 24.3 Å². The minimum atomic E-state index is 0.376. The first-order chi connectivity index (χ1) is 24.4. The Kier molecular flexibility index (Phi) is 11.1. The molecule has 2 fully saturated rings. The van der Waals surface area contributed by atoms with Gasteiger partial charge in [0.2, 0.25) is 23.5 Å². The lowest BCUT2D eigenvalue weighted by Gasteiger charge is -2.38. The summed E-state index contributed by atoms with van der Waals surface area (Å²) in [5.74, 6) is 3.07. The highest BCUT2D eigenvalue weighted by molar-refractivity contribution is 5.72. The van der Waals surface area contributed by atoms with E-state index in [0.29, 0.717) is 61.4 Å². The third-order valence-electron chi connectivity index (χ3n) is 9.76. The Morgan fingerprint density at radius 1 is 0.620 bits per heavy atom. The number of aromatic nitrogens is 2. The summed E-state index contributed by atoms with van der Waals surface area (Å²) in [6, 6.07) is 24.9. The second kappa shape index (κ2) is 16.0. The molecule has 2 aromatic carbocycles. The van der Waals surface area contributed by atoms with E-state index in [1.165, 1.54) is 0 Å². The number of ether oxygens (including phenoxy) is 4. The van der Waals surface area contributed by atoms with Crippen LogP contribution in [0.4, 0.5) is 0 Å². The summed E-state index contributed by atoms with van der Waals surface area (Å²) in [6.45, 7) is 10.2. The SMILES string of the molecule is COc1nc(OCc2cccc(-c3cccc(COc4ccc(CN5CC(CC#N)C5)c(OC)n4)c3C)c2C)ccc1CN1CC(CC#N)C1. The molecule has 258 valence electrons. The summed E-state index contributed by atoms with van der Waals surface area (Å²) in [5, 5.41) is 17.8. The molecule has 0 saturated carbocycles. The zero-order valence-electron chi connectivity index (χ0n) is 29.3. The molecule has 2 saturated heterocycles. The number of likely N-dealkylation sites (tertiary alicyclic amines) is 2. The first-order valence-corrected chi connectivity index (χ1v) is 17.1. The third kappa shape index (κ3) is 8.00. The van der Waals surface area contributed by atoms with Crippen molar-refractivity contribution in [2.75, 3.05) is 40.4 Å². The number of nitriles is 2. The van der Waals surface area contributed by atoms with Crippen LogP contribution in [-0.4, -0.2) is 60.2 Å². The Bertz CT molecular complexity index is 1750. The second-order valence-electron chi connectivity index (χ2n) is 13.2. The Morgan fingerprint density at radius 2 is 1.04 bits per heavy atom. The molecular formula is C40H44N6O4. The fourth-order valence-electron chi connectivity index (χ4n) is 6.84. The fourth-order valence-corrected chi connectivity index (χ4v) is 6.84. The van der Waals surface area contributed by atoms with Crippen LogP contribution >= 0.6 is 0 Å². The highest BCUT2D eigenvalue weighted by Gasteiger charge is 2.28. The van der Waals surface area contributed by atoms with E-state index in [4.69, 9.17) is 29.5 Å². The molecule has 4 heterocycles. The van der Waals surface area contributed by atoms with Gasteiger partial charge in [0.25, 0.3) is 0 Å². The van der Waals surface area contributed by atoms with Gasteiger partial charge in [-0.1, -0.05) is 36.4 Å². The number of benzene rings is 2. The Hall–Kier alpha value is -5.16. The summed E-state index contributed by atoms with van der Waals surface area (Å²) in [4.78, 5) is 13.9. The van der Waals surface area contributed by atoms with Gasteiger partial charge in [-0.3, -0.25) is 9.80 Å². The van der Waals surface area contributed by atoms with Crippen molar-refractivity contribution in [1.82, 2.24) is 19.8 Å². The maximum Gasteiger partial charge on any atom is 0.220 e. The Balaban J connectivity index is 1.08. The summed E-state index contributed by atoms with van der Waals surface area (Å²) in [7, 11) is 3.26. The van der Waals surface area contributed by atoms with E-state index in [-0.39, 0.29) is 0 Å². The topological polar surface area (TPSA) is 117 Å². The third-order valence-corrected chi connectivity index (χ3v) is 9.76. The molecule has 2 aliphatic rings. The average Bonchev–Trinajstić information content (AvgIpc) is 3.09. The van der Waals surface area contributed by atoms with Crippen LogP contribution in [0.25, 0.3) is 11.1 Å². The molecular weight excluding hydrogens is 628 g/mol. The summed E-state index contributed by atoms with van der Waals surface area (Å²) >= 11 is 0. The number of methoxy groups -OCH3 is 2. The molecule has 2 aromatic heterocycles. The van der Waals surface area contributed by atoms with Crippen molar-refractivity contribution in [1.29, 1.82) is 10.5 Å². The van der Waals surface area contributed by atoms with Crippen LogP contribution in [0.5, 0.6) is 23.5 Å². The van der Waals surface area contributed by atoms with Gasteiger partial charge in [0, 0.05) is 75.4 Å². The molecule has 4 aromatic rings. The Labute approximate surface area is 294 Å². The molecule has 10 heteroatoms. The van der Waals surface area contributed by atoms with Crippen molar-refractivity contribution < 1.29 is 18.9 Å². The van der Waals surface area contributed by atoms with E-state index in [2.05, 4.69) is 82.2 Å². The van der Waals surface area contributed by atoms with Gasteiger partial charge in [-0.05, 0) is 71.2 Å². The molecule has 6 rings (SSSR count). The van der Waals surface area contributed by atoms with Gasteiger partial charge in [-0.15, -0.1) is 0 Å². The zero-order chi connectivity index (χ0) is 35.0. The molecule has 0 unspecified atom stereocenters. The van der Waals surface area contributed by atoms with Crippen LogP contribution in [0, 0.1) is 48.3 Å². The lowest BCUT2D eigenvalue weighted by Crippen LogP contribution is -2.45. The quantitative estimate of drug-likeness (QED) is 0.136. The van der Waals surface area contributed by atoms with E-state index < -0.39 is 0 Å². The summed E-state index contributed by atoms with van der Waals surface area (Å²) in [6.07, 6.45) is 1.21. The molecule has 0 radical (unpaired) electrons. The largest absolute Gasteiger partial charge is 0.481 e. The summed E-state index contributed by atoms with van der Waals surface area (Å²) in [5.41, 5.74) is 8.74. The van der Waals surface area contributed by atoms with E-state index >= 15 is 0 Å². The molecule has 2 aliphatic heterocycles. The van der Waals surface area contributed by atoms with Gasteiger partial charge in [0.15, 0.2) is 0 Å². The molecule has 0 N–H and O–H groups in total. The van der Waals surface area contributed by atoms with Crippen molar-refractivity contribution in [2.24, 2.45) is 11.8 Å². The predicted octanol–water partition coefficient (Wildman–Crippen LogP) is 6.63. The van der Waals surface area contributed by atoms with Gasteiger partial charge in [0.05, 0.1) is 26.4 Å². The van der Waals surface area contributed by atoms with E-state index in [1.54, 1.807) is 14.2 Å². The second-order valence-corrected chi connectivity index (χ2v) is 13.2. The number of hydrogen-bond acceptors (Lipinski definition) is 10. The standard InChI is InChI=1S/C40H44N6O4/c1-27-33(25-49-37-13-11-31(39(43-37)47-3)23-45-19-29(20-45)15-17-41)7-5-9-35(27)36-10-6-8-34(28(36)2)26-50-38-14-12-32(40(44-38)48-4)24-46-21-30(22-46)16-18-42/h5-14,29-30H,15-16,19-26H2,1-4H3. The molecule has 0 spiro atoms. The number of rotatable bonds is 15. The van der Waals surface area contributed by atoms with Gasteiger partial charge in [-0.25, -0.2) is 0 Å². The first-order valence-electron chi connectivity index (χ1n) is 17.1. The Morgan fingerprint density at radius 3 is 1.42 bits per heavy atom. The minimum absolute atomic E-state index is 0.376. The zero-order valence-corrected chi connectivity index (χ0v) is 29.3. The van der Waals surface area contributed by atoms with Crippen LogP contribution in [0.15, 0.2) is 60.7 Å². The predicted molar refractivity (Wildman–Crippen MR) is 190 cm³/mol. The number of hydrogen-bond donors (Lipinski definition) is 0. The van der Waals surface area contributed by atoms with E-state index in [9.17, 15) is 0 Å². The van der Waals surface area contributed by atoms with Gasteiger partial charge in [-0.2, -0.15) is 20.5 Å². The number of nitrogens with zero attached hydrogens (tertiary/aromatic N) is 6. The van der Waals surface area contributed by atoms with Crippen molar-refractivity contribution in [2.45, 2.75) is 53.0 Å². The molecule has 0 atom stereocenters. The van der Waals surface area contributed by atoms with Crippen molar-refractivity contribution in [3.8, 4) is 46.8 Å². The maximum absolute atomic E-state index is 8.92. The molecule has 0 amide bonds. The molecule has 0 aliphatic carbocycles. The average molecular weight is 673 g/mol. The smallest absolute Gasteiger partial charge is 0.220 e. The van der Waals surface area contributed by atoms with E-state index in [0.717, 1.165) is 83.8 Å². The van der Waals surface area contributed by atoms with Crippen LogP contribution in [0.3, 0.4) is 0 Å². The molecule has 50 heavy (non-hydrogen) atoms. The van der Waals surface area contributed by atoms with Crippen molar-refractivity contribution >= 4 is 0 Å².